The van der Waals surface area contributed by atoms with Crippen molar-refractivity contribution in [2.24, 2.45) is 0 Å². The Labute approximate surface area is 283 Å². The molecule has 0 radical (unpaired) electrons. The highest BCUT2D eigenvalue weighted by Gasteiger charge is 2.03. The first kappa shape index (κ1) is 44.2. The summed E-state index contributed by atoms with van der Waals surface area (Å²) < 4.78 is 0. The van der Waals surface area contributed by atoms with Gasteiger partial charge in [0.25, 0.3) is 0 Å². The molecule has 45 heavy (non-hydrogen) atoms. The van der Waals surface area contributed by atoms with E-state index in [4.69, 9.17) is 0 Å². The Kier molecular flexibility index (Phi) is 38.7. The molecule has 0 aromatic heterocycles. The van der Waals surface area contributed by atoms with Crippen LogP contribution in [0.1, 0.15) is 232 Å². The Morgan fingerprint density at radius 2 is 0.600 bits per heavy atom. The van der Waals surface area contributed by atoms with Gasteiger partial charge in [-0.1, -0.05) is 193 Å². The first-order valence-corrected chi connectivity index (χ1v) is 20.6. The molecule has 0 aromatic carbocycles. The van der Waals surface area contributed by atoms with E-state index in [0.29, 0.717) is 0 Å². The van der Waals surface area contributed by atoms with Crippen LogP contribution in [0.3, 0.4) is 0 Å². The molecule has 0 aliphatic heterocycles. The number of hydrogen-bond acceptors (Lipinski definition) is 3. The lowest BCUT2D eigenvalue weighted by molar-refractivity contribution is 0.286. The van der Waals surface area contributed by atoms with Gasteiger partial charge in [0.1, 0.15) is 0 Å². The normalized spacial score (nSPS) is 12.4. The van der Waals surface area contributed by atoms with Gasteiger partial charge in [-0.2, -0.15) is 0 Å². The van der Waals surface area contributed by atoms with Crippen molar-refractivity contribution in [3.63, 3.8) is 0 Å². The fourth-order valence-electron chi connectivity index (χ4n) is 6.41. The SMILES string of the molecule is CCCCCCCCCCCCCCCC/C=C(\CCCO)N/C(=C/CCCCCCCCCCCCCCCC)CCCO. The van der Waals surface area contributed by atoms with Gasteiger partial charge in [0.05, 0.1) is 0 Å². The van der Waals surface area contributed by atoms with Crippen LogP contribution in [0.25, 0.3) is 0 Å². The molecule has 0 aliphatic carbocycles. The van der Waals surface area contributed by atoms with E-state index in [-0.39, 0.29) is 13.2 Å². The van der Waals surface area contributed by atoms with E-state index in [9.17, 15) is 10.2 Å². The first-order valence-electron chi connectivity index (χ1n) is 20.6. The minimum atomic E-state index is 0.243. The summed E-state index contributed by atoms with van der Waals surface area (Å²) in [5.74, 6) is 0. The number of rotatable bonds is 38. The fraction of sp³-hybridized carbons (Fsp3) is 0.905. The molecule has 0 aromatic rings. The van der Waals surface area contributed by atoms with Crippen LogP contribution in [0.2, 0.25) is 0 Å². The van der Waals surface area contributed by atoms with E-state index in [1.807, 2.05) is 0 Å². The molecule has 0 bridgehead atoms. The van der Waals surface area contributed by atoms with Crippen LogP contribution in [-0.4, -0.2) is 23.4 Å². The van der Waals surface area contributed by atoms with Crippen LogP contribution in [0.4, 0.5) is 0 Å². The molecular formula is C42H83NO2. The van der Waals surface area contributed by atoms with Crippen molar-refractivity contribution in [3.8, 4) is 0 Å². The van der Waals surface area contributed by atoms with Gasteiger partial charge in [-0.25, -0.2) is 0 Å². The van der Waals surface area contributed by atoms with Gasteiger partial charge in [-0.3, -0.25) is 0 Å². The summed E-state index contributed by atoms with van der Waals surface area (Å²) >= 11 is 0. The Bertz CT molecular complexity index is 562. The number of nitrogens with one attached hydrogen (secondary N) is 1. The van der Waals surface area contributed by atoms with Crippen LogP contribution in [0, 0.1) is 0 Å². The number of hydrogen-bond donors (Lipinski definition) is 3. The number of allylic oxidation sites excluding steroid dienone is 4. The second-order valence-electron chi connectivity index (χ2n) is 14.0. The first-order chi connectivity index (χ1) is 22.3. The highest BCUT2D eigenvalue weighted by Crippen LogP contribution is 2.17. The maximum atomic E-state index is 9.44. The zero-order valence-electron chi connectivity index (χ0n) is 31.0. The van der Waals surface area contributed by atoms with Crippen molar-refractivity contribution in [2.45, 2.75) is 232 Å². The van der Waals surface area contributed by atoms with Crippen LogP contribution in [0.15, 0.2) is 23.5 Å². The molecule has 0 heterocycles. The molecule has 3 nitrogen and oxygen atoms in total. The molecule has 0 atom stereocenters. The van der Waals surface area contributed by atoms with Crippen molar-refractivity contribution in [2.75, 3.05) is 13.2 Å². The molecule has 0 fully saturated rings. The Morgan fingerprint density at radius 3 is 0.844 bits per heavy atom. The van der Waals surface area contributed by atoms with Crippen molar-refractivity contribution in [1.29, 1.82) is 0 Å². The van der Waals surface area contributed by atoms with Gasteiger partial charge in [0, 0.05) is 24.6 Å². The maximum absolute atomic E-state index is 9.44. The average molecular weight is 634 g/mol. The van der Waals surface area contributed by atoms with Crippen molar-refractivity contribution in [3.05, 3.63) is 23.5 Å². The fourth-order valence-corrected chi connectivity index (χ4v) is 6.41. The predicted octanol–water partition coefficient (Wildman–Crippen LogP) is 13.6. The number of unbranched alkanes of at least 4 members (excludes halogenated alkanes) is 28. The van der Waals surface area contributed by atoms with Crippen LogP contribution in [-0.2, 0) is 0 Å². The van der Waals surface area contributed by atoms with Gasteiger partial charge in [0.15, 0.2) is 0 Å². The average Bonchev–Trinajstić information content (AvgIpc) is 3.05. The molecule has 0 unspecified atom stereocenters. The van der Waals surface area contributed by atoms with Gasteiger partial charge in [0.2, 0.25) is 0 Å². The van der Waals surface area contributed by atoms with E-state index < -0.39 is 0 Å². The van der Waals surface area contributed by atoms with E-state index in [2.05, 4.69) is 31.3 Å². The summed E-state index contributed by atoms with van der Waals surface area (Å²) in [6.07, 6.45) is 49.6. The lowest BCUT2D eigenvalue weighted by Crippen LogP contribution is -2.14. The lowest BCUT2D eigenvalue weighted by atomic mass is 10.0. The summed E-state index contributed by atoms with van der Waals surface area (Å²) in [5, 5.41) is 22.6. The molecule has 0 amide bonds. The molecule has 0 rings (SSSR count). The second-order valence-corrected chi connectivity index (χ2v) is 14.0. The quantitative estimate of drug-likeness (QED) is 0.0593. The van der Waals surface area contributed by atoms with E-state index in [0.717, 1.165) is 38.5 Å². The number of aliphatic hydroxyl groups is 2. The third-order valence-corrected chi connectivity index (χ3v) is 9.43. The van der Waals surface area contributed by atoms with Gasteiger partial charge in [-0.05, 0) is 51.4 Å². The largest absolute Gasteiger partial charge is 0.396 e. The molecular weight excluding hydrogens is 550 g/mol. The van der Waals surface area contributed by atoms with Crippen molar-refractivity contribution >= 4 is 0 Å². The minimum absolute atomic E-state index is 0.243. The molecule has 3 N–H and O–H groups in total. The third-order valence-electron chi connectivity index (χ3n) is 9.43. The van der Waals surface area contributed by atoms with E-state index >= 15 is 0 Å². The smallest absolute Gasteiger partial charge is 0.0434 e. The van der Waals surface area contributed by atoms with Gasteiger partial charge in [-0.15, -0.1) is 0 Å². The molecule has 268 valence electrons. The Morgan fingerprint density at radius 1 is 0.356 bits per heavy atom. The minimum Gasteiger partial charge on any atom is -0.396 e. The molecule has 3 heteroatoms. The third kappa shape index (κ3) is 35.9. The number of aliphatic hydroxyl groups excluding tert-OH is 2. The summed E-state index contributed by atoms with van der Waals surface area (Å²) in [4.78, 5) is 0. The summed E-state index contributed by atoms with van der Waals surface area (Å²) in [5.41, 5.74) is 2.53. The van der Waals surface area contributed by atoms with Crippen LogP contribution in [0.5, 0.6) is 0 Å². The van der Waals surface area contributed by atoms with E-state index in [1.54, 1.807) is 0 Å². The maximum Gasteiger partial charge on any atom is 0.0434 e. The predicted molar refractivity (Wildman–Crippen MR) is 202 cm³/mol. The Hall–Kier alpha value is -0.800. The monoisotopic (exact) mass is 634 g/mol. The zero-order valence-corrected chi connectivity index (χ0v) is 31.0. The zero-order chi connectivity index (χ0) is 32.7. The van der Waals surface area contributed by atoms with Gasteiger partial charge < -0.3 is 15.5 Å². The van der Waals surface area contributed by atoms with Crippen LogP contribution < -0.4 is 5.32 Å². The highest BCUT2D eigenvalue weighted by atomic mass is 16.3. The lowest BCUT2D eigenvalue weighted by Gasteiger charge is -2.15. The molecule has 0 saturated carbocycles. The molecule has 0 aliphatic rings. The summed E-state index contributed by atoms with van der Waals surface area (Å²) in [6.45, 7) is 5.07. The topological polar surface area (TPSA) is 52.5 Å². The highest BCUT2D eigenvalue weighted by molar-refractivity contribution is 5.12. The van der Waals surface area contributed by atoms with Gasteiger partial charge >= 0.3 is 0 Å². The van der Waals surface area contributed by atoms with Crippen molar-refractivity contribution < 1.29 is 10.2 Å². The summed E-state index contributed by atoms with van der Waals surface area (Å²) in [6, 6.07) is 0. The van der Waals surface area contributed by atoms with E-state index in [1.165, 1.54) is 191 Å². The molecule has 0 saturated heterocycles. The van der Waals surface area contributed by atoms with Crippen molar-refractivity contribution in [1.82, 2.24) is 5.32 Å². The second kappa shape index (κ2) is 39.4. The van der Waals surface area contributed by atoms with Crippen LogP contribution >= 0.6 is 0 Å². The Balaban J connectivity index is 4.08. The summed E-state index contributed by atoms with van der Waals surface area (Å²) in [7, 11) is 0. The molecule has 0 spiro atoms. The standard InChI is InChI=1S/C42H83NO2/c1-3-5-7-9-11-13-15-17-19-21-23-25-27-29-31-35-41(37-33-39-44)43-42(38-34-40-45)36-32-30-28-26-24-22-20-18-16-14-12-10-8-6-4-2/h35-36,43-45H,3-34,37-40H2,1-2H3/b41-35+,42-36+.